The number of thiophene rings is 1. The zero-order valence-electron chi connectivity index (χ0n) is 7.19. The van der Waals surface area contributed by atoms with Gasteiger partial charge in [-0.2, -0.15) is 0 Å². The van der Waals surface area contributed by atoms with Crippen LogP contribution in [0.3, 0.4) is 0 Å². The van der Waals surface area contributed by atoms with Crippen molar-refractivity contribution in [3.05, 3.63) is 33.7 Å². The minimum atomic E-state index is -0.372. The fourth-order valence-electron chi connectivity index (χ4n) is 0.864. The lowest BCUT2D eigenvalue weighted by Gasteiger charge is -1.97. The molecule has 0 aromatic carbocycles. The molecule has 0 spiro atoms. The van der Waals surface area contributed by atoms with Gasteiger partial charge in [-0.1, -0.05) is 23.5 Å². The molecule has 70 valence electrons. The van der Waals surface area contributed by atoms with E-state index in [2.05, 4.69) is 5.32 Å². The van der Waals surface area contributed by atoms with Crippen molar-refractivity contribution in [1.82, 2.24) is 0 Å². The molecular weight excluding hydrogens is 188 g/mol. The summed E-state index contributed by atoms with van der Waals surface area (Å²) in [5, 5.41) is 15.3. The fourth-order valence-corrected chi connectivity index (χ4v) is 1.55. The number of hydrogen-bond acceptors (Lipinski definition) is 4. The molecular formula is C8H10N2O2S. The van der Waals surface area contributed by atoms with Crippen molar-refractivity contribution in [2.75, 3.05) is 11.9 Å². The fraction of sp³-hybridized carbons (Fsp3) is 0.250. The van der Waals surface area contributed by atoms with Gasteiger partial charge in [0.15, 0.2) is 0 Å². The van der Waals surface area contributed by atoms with Crippen LogP contribution in [-0.4, -0.2) is 11.5 Å². The van der Waals surface area contributed by atoms with Crippen molar-refractivity contribution < 1.29 is 4.92 Å². The van der Waals surface area contributed by atoms with Crippen molar-refractivity contribution in [3.8, 4) is 0 Å². The van der Waals surface area contributed by atoms with Gasteiger partial charge in [-0.15, -0.1) is 0 Å². The highest BCUT2D eigenvalue weighted by molar-refractivity contribution is 7.14. The number of nitrogens with one attached hydrogen (secondary N) is 1. The van der Waals surface area contributed by atoms with Crippen LogP contribution in [-0.2, 0) is 0 Å². The highest BCUT2D eigenvalue weighted by Crippen LogP contribution is 2.30. The third-order valence-electron chi connectivity index (χ3n) is 1.46. The molecule has 0 saturated carbocycles. The second-order valence-electron chi connectivity index (χ2n) is 2.35. The maximum atomic E-state index is 10.5. The summed E-state index contributed by atoms with van der Waals surface area (Å²) in [7, 11) is 0. The van der Waals surface area contributed by atoms with Crippen LogP contribution < -0.4 is 5.32 Å². The Morgan fingerprint density at radius 3 is 3.15 bits per heavy atom. The van der Waals surface area contributed by atoms with Gasteiger partial charge in [0, 0.05) is 6.54 Å². The standard InChI is InChI=1S/C8H10N2O2S/c1-2-3-5-9-7-4-6-13-8(7)10(11)12/h2-4,6,9H,5H2,1H3/b3-2+. The average Bonchev–Trinajstić information content (AvgIpc) is 2.53. The molecule has 1 heterocycles. The van der Waals surface area contributed by atoms with Gasteiger partial charge in [0.2, 0.25) is 0 Å². The normalized spacial score (nSPS) is 10.5. The summed E-state index contributed by atoms with van der Waals surface area (Å²) in [4.78, 5) is 10.1. The lowest BCUT2D eigenvalue weighted by atomic mass is 10.4. The Kier molecular flexibility index (Phi) is 3.45. The monoisotopic (exact) mass is 198 g/mol. The van der Waals surface area contributed by atoms with Crippen molar-refractivity contribution in [1.29, 1.82) is 0 Å². The summed E-state index contributed by atoms with van der Waals surface area (Å²) in [6, 6.07) is 1.71. The van der Waals surface area contributed by atoms with Crippen LogP contribution in [0.5, 0.6) is 0 Å². The first kappa shape index (κ1) is 9.73. The minimum Gasteiger partial charge on any atom is -0.375 e. The van der Waals surface area contributed by atoms with Gasteiger partial charge >= 0.3 is 5.00 Å². The molecule has 0 atom stereocenters. The van der Waals surface area contributed by atoms with E-state index in [1.54, 1.807) is 11.4 Å². The van der Waals surface area contributed by atoms with Gasteiger partial charge < -0.3 is 5.32 Å². The van der Waals surface area contributed by atoms with E-state index in [4.69, 9.17) is 0 Å². The van der Waals surface area contributed by atoms with Gasteiger partial charge in [0.25, 0.3) is 0 Å². The van der Waals surface area contributed by atoms with Crippen LogP contribution >= 0.6 is 11.3 Å². The molecule has 1 aromatic heterocycles. The molecule has 0 radical (unpaired) electrons. The van der Waals surface area contributed by atoms with E-state index >= 15 is 0 Å². The molecule has 5 heteroatoms. The molecule has 0 aliphatic rings. The zero-order chi connectivity index (χ0) is 9.68. The van der Waals surface area contributed by atoms with Crippen LogP contribution in [0.4, 0.5) is 10.7 Å². The van der Waals surface area contributed by atoms with Crippen LogP contribution in [0.15, 0.2) is 23.6 Å². The van der Waals surface area contributed by atoms with E-state index in [1.165, 1.54) is 0 Å². The van der Waals surface area contributed by atoms with E-state index < -0.39 is 0 Å². The van der Waals surface area contributed by atoms with E-state index in [-0.39, 0.29) is 9.92 Å². The van der Waals surface area contributed by atoms with Crippen molar-refractivity contribution in [2.24, 2.45) is 0 Å². The number of allylic oxidation sites excluding steroid dienone is 1. The lowest BCUT2D eigenvalue weighted by molar-refractivity contribution is -0.379. The third kappa shape index (κ3) is 2.55. The van der Waals surface area contributed by atoms with Crippen LogP contribution in [0.1, 0.15) is 6.92 Å². The first-order valence-electron chi connectivity index (χ1n) is 3.82. The number of hydrogen-bond donors (Lipinski definition) is 1. The van der Waals surface area contributed by atoms with Crippen LogP contribution in [0.2, 0.25) is 0 Å². The van der Waals surface area contributed by atoms with E-state index in [1.807, 2.05) is 19.1 Å². The maximum Gasteiger partial charge on any atom is 0.347 e. The predicted octanol–water partition coefficient (Wildman–Crippen LogP) is 2.64. The zero-order valence-corrected chi connectivity index (χ0v) is 8.00. The molecule has 0 unspecified atom stereocenters. The van der Waals surface area contributed by atoms with Gasteiger partial charge in [0.1, 0.15) is 5.69 Å². The first-order valence-corrected chi connectivity index (χ1v) is 4.70. The lowest BCUT2D eigenvalue weighted by Crippen LogP contribution is -1.99. The van der Waals surface area contributed by atoms with E-state index in [9.17, 15) is 10.1 Å². The Hall–Kier alpha value is -1.36. The van der Waals surface area contributed by atoms with E-state index in [0.717, 1.165) is 11.3 Å². The van der Waals surface area contributed by atoms with Gasteiger partial charge in [-0.25, -0.2) is 0 Å². The van der Waals surface area contributed by atoms with E-state index in [0.29, 0.717) is 12.2 Å². The largest absolute Gasteiger partial charge is 0.375 e. The Balaban J connectivity index is 2.65. The van der Waals surface area contributed by atoms with Crippen LogP contribution in [0, 0.1) is 10.1 Å². The minimum absolute atomic E-state index is 0.171. The quantitative estimate of drug-likeness (QED) is 0.459. The summed E-state index contributed by atoms with van der Waals surface area (Å²) in [6.07, 6.45) is 3.80. The Bertz CT molecular complexity index is 320. The molecule has 0 amide bonds. The highest BCUT2D eigenvalue weighted by Gasteiger charge is 2.13. The summed E-state index contributed by atoms with van der Waals surface area (Å²) in [5.74, 6) is 0. The summed E-state index contributed by atoms with van der Waals surface area (Å²) in [6.45, 7) is 2.53. The molecule has 0 fully saturated rings. The van der Waals surface area contributed by atoms with Crippen molar-refractivity contribution in [3.63, 3.8) is 0 Å². The number of nitro groups is 1. The SMILES string of the molecule is C/C=C/CNc1ccsc1[N+](=O)[O-]. The molecule has 13 heavy (non-hydrogen) atoms. The molecule has 4 nitrogen and oxygen atoms in total. The third-order valence-corrected chi connectivity index (χ3v) is 2.32. The first-order chi connectivity index (χ1) is 6.25. The summed E-state index contributed by atoms with van der Waals surface area (Å²) < 4.78 is 0. The van der Waals surface area contributed by atoms with Gasteiger partial charge in [0.05, 0.1) is 4.92 Å². The summed E-state index contributed by atoms with van der Waals surface area (Å²) in [5.41, 5.74) is 0.591. The molecule has 1 aromatic rings. The second kappa shape index (κ2) is 4.61. The molecule has 1 rings (SSSR count). The Labute approximate surface area is 80.0 Å². The highest BCUT2D eigenvalue weighted by atomic mass is 32.1. The predicted molar refractivity (Wildman–Crippen MR) is 54.3 cm³/mol. The average molecular weight is 198 g/mol. The molecule has 0 aliphatic carbocycles. The number of nitrogens with zero attached hydrogens (tertiary/aromatic N) is 1. The molecule has 0 aliphatic heterocycles. The van der Waals surface area contributed by atoms with Crippen molar-refractivity contribution in [2.45, 2.75) is 6.92 Å². The molecule has 0 saturated heterocycles. The van der Waals surface area contributed by atoms with Gasteiger partial charge in [-0.3, -0.25) is 10.1 Å². The Morgan fingerprint density at radius 2 is 2.54 bits per heavy atom. The topological polar surface area (TPSA) is 55.2 Å². The molecule has 0 bridgehead atoms. The molecule has 1 N–H and O–H groups in total. The smallest absolute Gasteiger partial charge is 0.347 e. The van der Waals surface area contributed by atoms with Crippen molar-refractivity contribution >= 4 is 22.0 Å². The Morgan fingerprint density at radius 1 is 1.77 bits per heavy atom. The summed E-state index contributed by atoms with van der Waals surface area (Å²) >= 11 is 1.13. The number of anilines is 1. The second-order valence-corrected chi connectivity index (χ2v) is 3.24. The van der Waals surface area contributed by atoms with Crippen LogP contribution in [0.25, 0.3) is 0 Å². The van der Waals surface area contributed by atoms with Gasteiger partial charge in [-0.05, 0) is 18.4 Å². The maximum absolute atomic E-state index is 10.5. The number of rotatable bonds is 4.